The Labute approximate surface area is 159 Å². The summed E-state index contributed by atoms with van der Waals surface area (Å²) in [7, 11) is 0. The van der Waals surface area contributed by atoms with Crippen molar-refractivity contribution in [2.75, 3.05) is 0 Å². The van der Waals surface area contributed by atoms with Gasteiger partial charge in [-0.1, -0.05) is 54.6 Å². The fraction of sp³-hybridized carbons (Fsp3) is 0.0455. The average Bonchev–Trinajstić information content (AvgIpc) is 3.16. The number of nitrogens with zero attached hydrogens (tertiary/aromatic N) is 3. The van der Waals surface area contributed by atoms with E-state index in [1.54, 1.807) is 28.4 Å². The van der Waals surface area contributed by atoms with Crippen molar-refractivity contribution in [1.29, 1.82) is 0 Å². The SMILES string of the molecule is O=c1c2cc(-c3ccccc3)sc2ncn1Cc1cccc2cccnc12. The lowest BCUT2D eigenvalue weighted by Crippen LogP contribution is -2.20. The minimum atomic E-state index is -0.0219. The second-order valence-corrected chi connectivity index (χ2v) is 7.40. The van der Waals surface area contributed by atoms with Crippen LogP contribution < -0.4 is 5.56 Å². The van der Waals surface area contributed by atoms with Gasteiger partial charge in [0.2, 0.25) is 0 Å². The van der Waals surface area contributed by atoms with Crippen LogP contribution >= 0.6 is 11.3 Å². The molecule has 0 bridgehead atoms. The molecular weight excluding hydrogens is 354 g/mol. The highest BCUT2D eigenvalue weighted by Gasteiger charge is 2.11. The van der Waals surface area contributed by atoms with Gasteiger partial charge in [-0.25, -0.2) is 4.98 Å². The van der Waals surface area contributed by atoms with E-state index < -0.39 is 0 Å². The van der Waals surface area contributed by atoms with E-state index in [4.69, 9.17) is 0 Å². The molecule has 0 fully saturated rings. The Morgan fingerprint density at radius 2 is 1.78 bits per heavy atom. The Morgan fingerprint density at radius 1 is 0.926 bits per heavy atom. The minimum Gasteiger partial charge on any atom is -0.294 e. The van der Waals surface area contributed by atoms with Crippen LogP contribution in [0.3, 0.4) is 0 Å². The van der Waals surface area contributed by atoms with Gasteiger partial charge in [-0.05, 0) is 23.3 Å². The third kappa shape index (κ3) is 2.82. The molecule has 0 amide bonds. The molecule has 0 aliphatic carbocycles. The number of aromatic nitrogens is 3. The molecule has 3 aromatic heterocycles. The topological polar surface area (TPSA) is 47.8 Å². The largest absolute Gasteiger partial charge is 0.294 e. The van der Waals surface area contributed by atoms with Crippen molar-refractivity contribution in [3.05, 3.63) is 95.2 Å². The summed E-state index contributed by atoms with van der Waals surface area (Å²) in [6.07, 6.45) is 3.42. The molecule has 4 nitrogen and oxygen atoms in total. The Morgan fingerprint density at radius 3 is 2.67 bits per heavy atom. The molecule has 130 valence electrons. The number of hydrogen-bond acceptors (Lipinski definition) is 4. The van der Waals surface area contributed by atoms with Crippen LogP contribution in [-0.2, 0) is 6.54 Å². The lowest BCUT2D eigenvalue weighted by molar-refractivity contribution is 0.752. The second-order valence-electron chi connectivity index (χ2n) is 6.37. The van der Waals surface area contributed by atoms with Crippen LogP contribution in [0.4, 0.5) is 0 Å². The van der Waals surface area contributed by atoms with E-state index in [1.807, 2.05) is 66.7 Å². The third-order valence-electron chi connectivity index (χ3n) is 4.63. The van der Waals surface area contributed by atoms with Crippen molar-refractivity contribution >= 4 is 32.5 Å². The molecule has 0 aliphatic heterocycles. The zero-order valence-electron chi connectivity index (χ0n) is 14.4. The summed E-state index contributed by atoms with van der Waals surface area (Å²) >= 11 is 1.55. The molecule has 0 spiro atoms. The number of rotatable bonds is 3. The smallest absolute Gasteiger partial charge is 0.262 e. The van der Waals surface area contributed by atoms with Gasteiger partial charge >= 0.3 is 0 Å². The molecule has 3 heterocycles. The molecular formula is C22H15N3OS. The van der Waals surface area contributed by atoms with E-state index >= 15 is 0 Å². The van der Waals surface area contributed by atoms with E-state index in [1.165, 1.54) is 0 Å². The van der Waals surface area contributed by atoms with Crippen molar-refractivity contribution in [2.45, 2.75) is 6.54 Å². The summed E-state index contributed by atoms with van der Waals surface area (Å²) in [5.41, 5.74) is 3.01. The van der Waals surface area contributed by atoms with Gasteiger partial charge < -0.3 is 0 Å². The Hall–Kier alpha value is -3.31. The van der Waals surface area contributed by atoms with Gasteiger partial charge in [-0.2, -0.15) is 0 Å². The van der Waals surface area contributed by atoms with Gasteiger partial charge in [0.05, 0.1) is 23.8 Å². The molecule has 5 heteroatoms. The molecule has 0 saturated heterocycles. The maximum absolute atomic E-state index is 13.0. The first-order chi connectivity index (χ1) is 13.3. The first-order valence-electron chi connectivity index (χ1n) is 8.66. The number of fused-ring (bicyclic) bond motifs is 2. The summed E-state index contributed by atoms with van der Waals surface area (Å²) in [6, 6.07) is 22.0. The number of pyridine rings is 1. The molecule has 2 aromatic carbocycles. The van der Waals surface area contributed by atoms with Crippen LogP contribution in [0.25, 0.3) is 31.6 Å². The van der Waals surface area contributed by atoms with Gasteiger partial charge in [-0.15, -0.1) is 11.3 Å². The van der Waals surface area contributed by atoms with Gasteiger partial charge in [0.1, 0.15) is 4.83 Å². The predicted molar refractivity (Wildman–Crippen MR) is 110 cm³/mol. The fourth-order valence-electron chi connectivity index (χ4n) is 3.30. The van der Waals surface area contributed by atoms with E-state index in [0.29, 0.717) is 11.9 Å². The van der Waals surface area contributed by atoms with E-state index in [9.17, 15) is 4.79 Å². The first-order valence-corrected chi connectivity index (χ1v) is 9.48. The van der Waals surface area contributed by atoms with Crippen molar-refractivity contribution in [2.24, 2.45) is 0 Å². The highest BCUT2D eigenvalue weighted by atomic mass is 32.1. The van der Waals surface area contributed by atoms with Crippen LogP contribution in [0.1, 0.15) is 5.56 Å². The number of hydrogen-bond donors (Lipinski definition) is 0. The number of benzene rings is 2. The Kier molecular flexibility index (Phi) is 3.80. The fourth-order valence-corrected chi connectivity index (χ4v) is 4.29. The average molecular weight is 369 g/mol. The molecule has 27 heavy (non-hydrogen) atoms. The van der Waals surface area contributed by atoms with Gasteiger partial charge in [0, 0.05) is 16.5 Å². The minimum absolute atomic E-state index is 0.0219. The monoisotopic (exact) mass is 369 g/mol. The molecule has 0 saturated carbocycles. The molecule has 0 aliphatic rings. The maximum atomic E-state index is 13.0. The highest BCUT2D eigenvalue weighted by Crippen LogP contribution is 2.30. The van der Waals surface area contributed by atoms with Crippen LogP contribution in [0, 0.1) is 0 Å². The number of para-hydroxylation sites is 1. The van der Waals surface area contributed by atoms with E-state index in [2.05, 4.69) is 9.97 Å². The summed E-state index contributed by atoms with van der Waals surface area (Å²) in [5, 5.41) is 1.73. The molecule has 0 unspecified atom stereocenters. The molecule has 0 radical (unpaired) electrons. The molecule has 0 N–H and O–H groups in total. The van der Waals surface area contributed by atoms with Crippen molar-refractivity contribution < 1.29 is 0 Å². The zero-order valence-corrected chi connectivity index (χ0v) is 15.2. The molecule has 0 atom stereocenters. The first kappa shape index (κ1) is 15.9. The lowest BCUT2D eigenvalue weighted by atomic mass is 10.1. The maximum Gasteiger partial charge on any atom is 0.262 e. The van der Waals surface area contributed by atoms with Crippen LogP contribution in [0.5, 0.6) is 0 Å². The van der Waals surface area contributed by atoms with Gasteiger partial charge in [0.25, 0.3) is 5.56 Å². The summed E-state index contributed by atoms with van der Waals surface area (Å²) < 4.78 is 1.66. The van der Waals surface area contributed by atoms with Gasteiger partial charge in [0.15, 0.2) is 0 Å². The Balaban J connectivity index is 1.60. The van der Waals surface area contributed by atoms with Gasteiger partial charge in [-0.3, -0.25) is 14.3 Å². The molecule has 5 rings (SSSR count). The quantitative estimate of drug-likeness (QED) is 0.462. The normalized spacial score (nSPS) is 11.3. The predicted octanol–water partition coefficient (Wildman–Crippen LogP) is 4.72. The molecule has 5 aromatic rings. The van der Waals surface area contributed by atoms with Crippen molar-refractivity contribution in [1.82, 2.24) is 14.5 Å². The highest BCUT2D eigenvalue weighted by molar-refractivity contribution is 7.21. The second kappa shape index (κ2) is 6.45. The standard InChI is InChI=1S/C22H15N3OS/c26-22-18-12-19(15-6-2-1-3-7-15)27-21(18)24-14-25(22)13-17-9-4-8-16-10-5-11-23-20(16)17/h1-12,14H,13H2. The summed E-state index contributed by atoms with van der Waals surface area (Å²) in [6.45, 7) is 0.451. The van der Waals surface area contributed by atoms with Crippen molar-refractivity contribution in [3.8, 4) is 10.4 Å². The van der Waals surface area contributed by atoms with Crippen LogP contribution in [0.15, 0.2) is 84.0 Å². The van der Waals surface area contributed by atoms with Crippen LogP contribution in [-0.4, -0.2) is 14.5 Å². The number of thiophene rings is 1. The summed E-state index contributed by atoms with van der Waals surface area (Å²) in [5.74, 6) is 0. The van der Waals surface area contributed by atoms with Crippen LogP contribution in [0.2, 0.25) is 0 Å². The lowest BCUT2D eigenvalue weighted by Gasteiger charge is -2.08. The Bertz CT molecular complexity index is 1320. The third-order valence-corrected chi connectivity index (χ3v) is 5.73. The van der Waals surface area contributed by atoms with E-state index in [-0.39, 0.29) is 5.56 Å². The summed E-state index contributed by atoms with van der Waals surface area (Å²) in [4.78, 5) is 23.9. The zero-order chi connectivity index (χ0) is 18.2. The van der Waals surface area contributed by atoms with Crippen molar-refractivity contribution in [3.63, 3.8) is 0 Å². The van der Waals surface area contributed by atoms with E-state index in [0.717, 1.165) is 31.7 Å².